The second-order valence-electron chi connectivity index (χ2n) is 9.44. The number of morpholine rings is 1. The third kappa shape index (κ3) is 5.47. The summed E-state index contributed by atoms with van der Waals surface area (Å²) in [5.41, 5.74) is 2.82. The minimum Gasteiger partial charge on any atom is -0.497 e. The van der Waals surface area contributed by atoms with E-state index in [0.29, 0.717) is 51.1 Å². The zero-order chi connectivity index (χ0) is 29.1. The van der Waals surface area contributed by atoms with E-state index >= 15 is 0 Å². The Balaban J connectivity index is 1.68. The van der Waals surface area contributed by atoms with Crippen molar-refractivity contribution < 1.29 is 28.5 Å². The average Bonchev–Trinajstić information content (AvgIpc) is 3.30. The molecule has 0 radical (unpaired) electrons. The summed E-state index contributed by atoms with van der Waals surface area (Å²) in [6, 6.07) is 10.4. The van der Waals surface area contributed by atoms with Gasteiger partial charge in [0.1, 0.15) is 23.3 Å². The fraction of sp³-hybridized carbons (Fsp3) is 0.367. The van der Waals surface area contributed by atoms with Crippen LogP contribution in [0.15, 0.2) is 57.5 Å². The van der Waals surface area contributed by atoms with E-state index in [1.807, 2.05) is 18.2 Å². The Morgan fingerprint density at radius 1 is 1.07 bits per heavy atom. The van der Waals surface area contributed by atoms with E-state index in [4.69, 9.17) is 23.7 Å². The van der Waals surface area contributed by atoms with Crippen LogP contribution >= 0.6 is 11.3 Å². The van der Waals surface area contributed by atoms with Gasteiger partial charge in [-0.25, -0.2) is 9.79 Å². The van der Waals surface area contributed by atoms with Crippen molar-refractivity contribution in [3.63, 3.8) is 0 Å². The van der Waals surface area contributed by atoms with Crippen LogP contribution in [0, 0.1) is 0 Å². The molecule has 10 nitrogen and oxygen atoms in total. The highest BCUT2D eigenvalue weighted by molar-refractivity contribution is 7.07. The lowest BCUT2D eigenvalue weighted by atomic mass is 9.94. The molecule has 2 aromatic carbocycles. The molecule has 0 spiro atoms. The lowest BCUT2D eigenvalue weighted by molar-refractivity contribution is -0.139. The molecule has 0 N–H and O–H groups in total. The molecule has 0 aliphatic carbocycles. The Morgan fingerprint density at radius 2 is 1.83 bits per heavy atom. The number of fused-ring (bicyclic) bond motifs is 1. The van der Waals surface area contributed by atoms with E-state index < -0.39 is 12.0 Å². The number of carbonyl (C=O) groups excluding carboxylic acids is 1. The number of benzene rings is 2. The summed E-state index contributed by atoms with van der Waals surface area (Å²) in [5.74, 6) is 1.17. The number of carbonyl (C=O) groups is 1. The highest BCUT2D eigenvalue weighted by atomic mass is 32.1. The van der Waals surface area contributed by atoms with Crippen molar-refractivity contribution in [2.75, 3.05) is 59.1 Å². The third-order valence-electron chi connectivity index (χ3n) is 7.13. The Morgan fingerprint density at radius 3 is 2.51 bits per heavy atom. The van der Waals surface area contributed by atoms with Crippen molar-refractivity contribution in [2.45, 2.75) is 19.9 Å². The molecule has 0 saturated carbocycles. The molecule has 1 unspecified atom stereocenters. The Kier molecular flexibility index (Phi) is 8.46. The predicted octanol–water partition coefficient (Wildman–Crippen LogP) is 2.66. The van der Waals surface area contributed by atoms with Gasteiger partial charge in [0.05, 0.1) is 57.0 Å². The molecule has 1 saturated heterocycles. The maximum Gasteiger partial charge on any atom is 0.338 e. The number of nitrogens with zero attached hydrogens (tertiary/aromatic N) is 3. The molecular weight excluding hydrogens is 546 g/mol. The van der Waals surface area contributed by atoms with Crippen LogP contribution in [0.1, 0.15) is 31.0 Å². The summed E-state index contributed by atoms with van der Waals surface area (Å²) in [6.07, 6.45) is 1.80. The van der Waals surface area contributed by atoms with Gasteiger partial charge in [-0.1, -0.05) is 11.3 Å². The average molecular weight is 580 g/mol. The van der Waals surface area contributed by atoms with E-state index in [1.165, 1.54) is 15.9 Å². The largest absolute Gasteiger partial charge is 0.497 e. The van der Waals surface area contributed by atoms with Crippen molar-refractivity contribution >= 4 is 29.1 Å². The molecule has 3 heterocycles. The van der Waals surface area contributed by atoms with Crippen LogP contribution in [0.25, 0.3) is 6.08 Å². The van der Waals surface area contributed by atoms with Crippen LogP contribution in [0.2, 0.25) is 0 Å². The second kappa shape index (κ2) is 12.2. The molecule has 0 bridgehead atoms. The Labute approximate surface area is 241 Å². The van der Waals surface area contributed by atoms with E-state index in [1.54, 1.807) is 59.5 Å². The van der Waals surface area contributed by atoms with Gasteiger partial charge < -0.3 is 28.6 Å². The van der Waals surface area contributed by atoms with Crippen LogP contribution in [0.4, 0.5) is 5.69 Å². The first kappa shape index (κ1) is 28.4. The van der Waals surface area contributed by atoms with Crippen molar-refractivity contribution in [1.82, 2.24) is 4.57 Å². The normalized spacial score (nSPS) is 17.1. The molecule has 216 valence electrons. The number of aromatic nitrogens is 1. The number of rotatable bonds is 8. The maximum atomic E-state index is 14.1. The summed E-state index contributed by atoms with van der Waals surface area (Å²) in [4.78, 5) is 34.7. The SMILES string of the molecule is CCOC(=O)C1=C(C)N=c2sc(=Cc3ccc(N4CCOCC4)cc3OC)c(=O)n2C1c1cc(OC)ccc1OC. The van der Waals surface area contributed by atoms with E-state index in [0.717, 1.165) is 24.3 Å². The molecule has 3 aromatic rings. The number of hydrogen-bond acceptors (Lipinski definition) is 10. The van der Waals surface area contributed by atoms with Crippen molar-refractivity contribution in [3.05, 3.63) is 78.5 Å². The predicted molar refractivity (Wildman–Crippen MR) is 156 cm³/mol. The molecule has 2 aliphatic rings. The standard InChI is InChI=1S/C30H33N3O7S/c1-6-40-29(35)26-18(2)31-30-33(27(26)22-17-21(36-3)9-10-23(22)37-4)28(34)25(41-30)15-19-7-8-20(16-24(19)38-5)32-11-13-39-14-12-32/h7-10,15-17,27H,6,11-14H2,1-5H3. The van der Waals surface area contributed by atoms with Gasteiger partial charge >= 0.3 is 5.97 Å². The van der Waals surface area contributed by atoms with E-state index in [2.05, 4.69) is 9.89 Å². The molecule has 1 aromatic heterocycles. The van der Waals surface area contributed by atoms with E-state index in [9.17, 15) is 9.59 Å². The zero-order valence-corrected chi connectivity index (χ0v) is 24.6. The summed E-state index contributed by atoms with van der Waals surface area (Å²) < 4.78 is 29.7. The topological polar surface area (TPSA) is 101 Å². The molecule has 2 aliphatic heterocycles. The number of esters is 1. The minimum absolute atomic E-state index is 0.183. The van der Waals surface area contributed by atoms with Crippen LogP contribution in [0.3, 0.4) is 0 Å². The molecule has 5 rings (SSSR count). The first-order valence-electron chi connectivity index (χ1n) is 13.3. The molecule has 1 fully saturated rings. The number of thiazole rings is 1. The summed E-state index contributed by atoms with van der Waals surface area (Å²) >= 11 is 1.25. The first-order valence-corrected chi connectivity index (χ1v) is 14.1. The number of ether oxygens (including phenoxy) is 5. The van der Waals surface area contributed by atoms with Crippen molar-refractivity contribution in [3.8, 4) is 17.2 Å². The Hall–Kier alpha value is -4.09. The highest BCUT2D eigenvalue weighted by Gasteiger charge is 2.35. The second-order valence-corrected chi connectivity index (χ2v) is 10.4. The molecule has 1 atom stereocenters. The van der Waals surface area contributed by atoms with Gasteiger partial charge in [-0.05, 0) is 50.3 Å². The van der Waals surface area contributed by atoms with Crippen LogP contribution in [0.5, 0.6) is 17.2 Å². The van der Waals surface area contributed by atoms with Gasteiger partial charge in [-0.15, -0.1) is 0 Å². The molecule has 0 amide bonds. The van der Waals surface area contributed by atoms with Crippen molar-refractivity contribution in [1.29, 1.82) is 0 Å². The highest BCUT2D eigenvalue weighted by Crippen LogP contribution is 2.38. The van der Waals surface area contributed by atoms with Crippen LogP contribution in [-0.4, -0.2) is 64.8 Å². The third-order valence-corrected chi connectivity index (χ3v) is 8.11. The van der Waals surface area contributed by atoms with Gasteiger partial charge in [-0.3, -0.25) is 9.36 Å². The fourth-order valence-electron chi connectivity index (χ4n) is 5.12. The molecular formula is C30H33N3O7S. The monoisotopic (exact) mass is 579 g/mol. The molecule has 41 heavy (non-hydrogen) atoms. The summed E-state index contributed by atoms with van der Waals surface area (Å²) in [6.45, 7) is 6.63. The van der Waals surface area contributed by atoms with Crippen molar-refractivity contribution in [2.24, 2.45) is 4.99 Å². The van der Waals surface area contributed by atoms with Crippen LogP contribution in [-0.2, 0) is 14.3 Å². The van der Waals surface area contributed by atoms with Gasteiger partial charge in [0.15, 0.2) is 4.80 Å². The fourth-order valence-corrected chi connectivity index (χ4v) is 6.15. The molecule has 11 heteroatoms. The minimum atomic E-state index is -0.830. The number of hydrogen-bond donors (Lipinski definition) is 0. The maximum absolute atomic E-state index is 14.1. The van der Waals surface area contributed by atoms with E-state index in [-0.39, 0.29) is 17.7 Å². The lowest BCUT2D eigenvalue weighted by Gasteiger charge is -2.29. The lowest BCUT2D eigenvalue weighted by Crippen LogP contribution is -2.40. The van der Waals surface area contributed by atoms with Gasteiger partial charge in [0.2, 0.25) is 0 Å². The van der Waals surface area contributed by atoms with Gasteiger partial charge in [0, 0.05) is 36.0 Å². The Bertz CT molecular complexity index is 1670. The summed E-state index contributed by atoms with van der Waals surface area (Å²) in [7, 11) is 4.71. The number of allylic oxidation sites excluding steroid dienone is 1. The number of methoxy groups -OCH3 is 3. The quantitative estimate of drug-likeness (QED) is 0.376. The van der Waals surface area contributed by atoms with Gasteiger partial charge in [-0.2, -0.15) is 0 Å². The summed E-state index contributed by atoms with van der Waals surface area (Å²) in [5, 5.41) is 0. The smallest absolute Gasteiger partial charge is 0.338 e. The number of anilines is 1. The van der Waals surface area contributed by atoms with Gasteiger partial charge in [0.25, 0.3) is 5.56 Å². The van der Waals surface area contributed by atoms with Crippen LogP contribution < -0.4 is 34.0 Å². The first-order chi connectivity index (χ1) is 19.9. The zero-order valence-electron chi connectivity index (χ0n) is 23.8.